The van der Waals surface area contributed by atoms with Gasteiger partial charge in [-0.15, -0.1) is 0 Å². The van der Waals surface area contributed by atoms with E-state index in [0.717, 1.165) is 12.3 Å². The molecule has 1 aromatic carbocycles. The summed E-state index contributed by atoms with van der Waals surface area (Å²) in [6, 6.07) is 6.38. The largest absolute Gasteiger partial charge is 0.427 e. The van der Waals surface area contributed by atoms with Crippen LogP contribution >= 0.6 is 11.8 Å². The first-order valence-corrected chi connectivity index (χ1v) is 6.41. The summed E-state index contributed by atoms with van der Waals surface area (Å²) in [6.45, 7) is 2.07. The molecule has 0 saturated heterocycles. The van der Waals surface area contributed by atoms with Crippen molar-refractivity contribution in [3.8, 4) is 5.75 Å². The summed E-state index contributed by atoms with van der Waals surface area (Å²) < 4.78 is 4.88. The third-order valence-corrected chi connectivity index (χ3v) is 3.08. The predicted molar refractivity (Wildman–Crippen MR) is 70.0 cm³/mol. The quantitative estimate of drug-likeness (QED) is 0.648. The Morgan fingerprint density at radius 3 is 2.61 bits per heavy atom. The molecule has 0 aromatic heterocycles. The summed E-state index contributed by atoms with van der Waals surface area (Å²) in [5, 5.41) is 3.38. The zero-order chi connectivity index (χ0) is 13.0. The molecular formula is C12H12N2O3S. The molecule has 5 nitrogen and oxygen atoms in total. The topological polar surface area (TPSA) is 67.8 Å². The van der Waals surface area contributed by atoms with Crippen LogP contribution in [0.3, 0.4) is 0 Å². The van der Waals surface area contributed by atoms with Crippen LogP contribution in [0.25, 0.3) is 0 Å². The number of aliphatic imine (C=N–C) groups is 1. The summed E-state index contributed by atoms with van der Waals surface area (Å²) in [6.07, 6.45) is 0. The maximum atomic E-state index is 11.8. The van der Waals surface area contributed by atoms with Crippen molar-refractivity contribution in [1.29, 1.82) is 0 Å². The number of esters is 1. The molecule has 0 aliphatic carbocycles. The number of hydrogen-bond donors (Lipinski definition) is 1. The fourth-order valence-corrected chi connectivity index (χ4v) is 2.14. The Hall–Kier alpha value is -1.82. The van der Waals surface area contributed by atoms with Crippen molar-refractivity contribution in [2.24, 2.45) is 4.99 Å². The van der Waals surface area contributed by atoms with Crippen molar-refractivity contribution in [3.05, 3.63) is 29.8 Å². The predicted octanol–water partition coefficient (Wildman–Crippen LogP) is 1.44. The van der Waals surface area contributed by atoms with Crippen LogP contribution in [-0.4, -0.2) is 29.3 Å². The third kappa shape index (κ3) is 3.33. The highest BCUT2D eigenvalue weighted by Crippen LogP contribution is 2.14. The average molecular weight is 264 g/mol. The van der Waals surface area contributed by atoms with Crippen LogP contribution < -0.4 is 10.1 Å². The highest BCUT2D eigenvalue weighted by atomic mass is 32.2. The minimum Gasteiger partial charge on any atom is -0.427 e. The molecule has 94 valence electrons. The van der Waals surface area contributed by atoms with E-state index >= 15 is 0 Å². The van der Waals surface area contributed by atoms with Crippen molar-refractivity contribution < 1.29 is 14.3 Å². The van der Waals surface area contributed by atoms with Crippen molar-refractivity contribution in [3.63, 3.8) is 0 Å². The molecule has 0 unspecified atom stereocenters. The second-order valence-corrected chi connectivity index (χ2v) is 4.69. The monoisotopic (exact) mass is 264 g/mol. The molecule has 1 N–H and O–H groups in total. The molecule has 18 heavy (non-hydrogen) atoms. The van der Waals surface area contributed by atoms with Gasteiger partial charge in [-0.05, 0) is 24.3 Å². The van der Waals surface area contributed by atoms with Gasteiger partial charge in [-0.1, -0.05) is 11.8 Å². The van der Waals surface area contributed by atoms with Crippen LogP contribution in [0.1, 0.15) is 17.3 Å². The number of thioether (sulfide) groups is 1. The van der Waals surface area contributed by atoms with Crippen LogP contribution in [-0.2, 0) is 4.79 Å². The first kappa shape index (κ1) is 12.6. The van der Waals surface area contributed by atoms with Gasteiger partial charge in [0.05, 0.1) is 6.54 Å². The highest BCUT2D eigenvalue weighted by molar-refractivity contribution is 8.14. The molecule has 6 heteroatoms. The smallest absolute Gasteiger partial charge is 0.308 e. The van der Waals surface area contributed by atoms with Gasteiger partial charge in [0.25, 0.3) is 5.91 Å². The fourth-order valence-electron chi connectivity index (χ4n) is 1.42. The maximum Gasteiger partial charge on any atom is 0.308 e. The lowest BCUT2D eigenvalue weighted by Crippen LogP contribution is -2.27. The molecule has 1 aromatic rings. The average Bonchev–Trinajstić information content (AvgIpc) is 2.82. The molecule has 1 heterocycles. The van der Waals surface area contributed by atoms with Crippen LogP contribution in [0.15, 0.2) is 29.3 Å². The number of benzene rings is 1. The molecule has 0 fully saturated rings. The van der Waals surface area contributed by atoms with Crippen LogP contribution in [0.4, 0.5) is 0 Å². The summed E-state index contributed by atoms with van der Waals surface area (Å²) >= 11 is 1.53. The van der Waals surface area contributed by atoms with E-state index in [1.54, 1.807) is 24.3 Å². The van der Waals surface area contributed by atoms with Gasteiger partial charge in [0.15, 0.2) is 5.17 Å². The lowest BCUT2D eigenvalue weighted by atomic mass is 10.2. The first-order valence-electron chi connectivity index (χ1n) is 5.42. The number of ether oxygens (including phenoxy) is 1. The molecule has 0 spiro atoms. The number of amidine groups is 1. The van der Waals surface area contributed by atoms with Gasteiger partial charge >= 0.3 is 5.97 Å². The van der Waals surface area contributed by atoms with Crippen molar-refractivity contribution in [2.45, 2.75) is 6.92 Å². The van der Waals surface area contributed by atoms with E-state index in [2.05, 4.69) is 10.3 Å². The van der Waals surface area contributed by atoms with E-state index in [1.807, 2.05) is 0 Å². The van der Waals surface area contributed by atoms with E-state index in [1.165, 1.54) is 18.7 Å². The number of amides is 1. The van der Waals surface area contributed by atoms with Crippen LogP contribution in [0, 0.1) is 0 Å². The van der Waals surface area contributed by atoms with Gasteiger partial charge in [-0.2, -0.15) is 0 Å². The van der Waals surface area contributed by atoms with Crippen LogP contribution in [0.5, 0.6) is 5.75 Å². The highest BCUT2D eigenvalue weighted by Gasteiger charge is 2.12. The Bertz CT molecular complexity index is 497. The number of carbonyl (C=O) groups excluding carboxylic acids is 2. The zero-order valence-electron chi connectivity index (χ0n) is 9.80. The van der Waals surface area contributed by atoms with Gasteiger partial charge in [-0.3, -0.25) is 14.6 Å². The summed E-state index contributed by atoms with van der Waals surface area (Å²) in [7, 11) is 0. The van der Waals surface area contributed by atoms with Crippen molar-refractivity contribution >= 4 is 28.8 Å². The summed E-state index contributed by atoms with van der Waals surface area (Å²) in [5.74, 6) is 0.731. The number of hydrogen-bond acceptors (Lipinski definition) is 5. The summed E-state index contributed by atoms with van der Waals surface area (Å²) in [4.78, 5) is 26.7. The van der Waals surface area contributed by atoms with Gasteiger partial charge in [0.2, 0.25) is 0 Å². The standard InChI is InChI=1S/C12H12N2O3S/c1-8(15)17-10-4-2-9(3-5-10)11(16)14-12-13-6-7-18-12/h2-5H,6-7H2,1H3,(H,13,14,16). The Balaban J connectivity index is 2.00. The molecule has 0 atom stereocenters. The van der Waals surface area contributed by atoms with Gasteiger partial charge in [-0.25, -0.2) is 0 Å². The Labute approximate surface area is 109 Å². The minimum absolute atomic E-state index is 0.211. The van der Waals surface area contributed by atoms with Gasteiger partial charge < -0.3 is 10.1 Å². The third-order valence-electron chi connectivity index (χ3n) is 2.18. The zero-order valence-corrected chi connectivity index (χ0v) is 10.6. The van der Waals surface area contributed by atoms with Gasteiger partial charge in [0, 0.05) is 18.2 Å². The fraction of sp³-hybridized carbons (Fsp3) is 0.250. The summed E-state index contributed by atoms with van der Waals surface area (Å²) in [5.41, 5.74) is 0.501. The molecule has 1 amide bonds. The second kappa shape index (κ2) is 5.68. The van der Waals surface area contributed by atoms with Crippen LogP contribution in [0.2, 0.25) is 0 Å². The minimum atomic E-state index is -0.385. The van der Waals surface area contributed by atoms with Crippen molar-refractivity contribution in [2.75, 3.05) is 12.3 Å². The maximum absolute atomic E-state index is 11.8. The SMILES string of the molecule is CC(=O)Oc1ccc(C(=O)NC2=NCCS2)cc1. The molecule has 2 rings (SSSR count). The Kier molecular flexibility index (Phi) is 3.99. The molecular weight excluding hydrogens is 252 g/mol. The normalized spacial score (nSPS) is 13.9. The number of rotatable bonds is 2. The molecule has 1 aliphatic rings. The number of nitrogens with zero attached hydrogens (tertiary/aromatic N) is 1. The second-order valence-electron chi connectivity index (χ2n) is 3.61. The Morgan fingerprint density at radius 1 is 1.33 bits per heavy atom. The van der Waals surface area contributed by atoms with Gasteiger partial charge in [0.1, 0.15) is 5.75 Å². The van der Waals surface area contributed by atoms with Crippen molar-refractivity contribution in [1.82, 2.24) is 5.32 Å². The van der Waals surface area contributed by atoms with E-state index in [0.29, 0.717) is 16.5 Å². The number of nitrogens with one attached hydrogen (secondary N) is 1. The molecule has 1 aliphatic heterocycles. The lowest BCUT2D eigenvalue weighted by molar-refractivity contribution is -0.131. The molecule has 0 saturated carbocycles. The van der Waals surface area contributed by atoms with E-state index in [4.69, 9.17) is 4.74 Å². The van der Waals surface area contributed by atoms with E-state index < -0.39 is 0 Å². The molecule has 0 bridgehead atoms. The Morgan fingerprint density at radius 2 is 2.06 bits per heavy atom. The first-order chi connectivity index (χ1) is 8.65. The van der Waals surface area contributed by atoms with E-state index in [9.17, 15) is 9.59 Å². The lowest BCUT2D eigenvalue weighted by Gasteiger charge is -2.05. The molecule has 0 radical (unpaired) electrons. The number of carbonyl (C=O) groups is 2. The van der Waals surface area contributed by atoms with E-state index in [-0.39, 0.29) is 11.9 Å².